The van der Waals surface area contributed by atoms with Gasteiger partial charge in [-0.05, 0) is 61.2 Å². The van der Waals surface area contributed by atoms with Crippen LogP contribution in [-0.4, -0.2) is 32.8 Å². The number of halogens is 1. The monoisotopic (exact) mass is 433 g/mol. The summed E-state index contributed by atoms with van der Waals surface area (Å²) < 4.78 is 39.7. The average Bonchev–Trinajstić information content (AvgIpc) is 3.53. The van der Waals surface area contributed by atoms with Crippen LogP contribution in [0, 0.1) is 5.82 Å². The van der Waals surface area contributed by atoms with E-state index in [4.69, 9.17) is 0 Å². The number of amides is 2. The fourth-order valence-corrected chi connectivity index (χ4v) is 4.02. The zero-order chi connectivity index (χ0) is 21.6. The maximum atomic E-state index is 12.9. The van der Waals surface area contributed by atoms with E-state index in [1.54, 1.807) is 12.1 Å². The summed E-state index contributed by atoms with van der Waals surface area (Å²) >= 11 is 0. The van der Waals surface area contributed by atoms with Crippen molar-refractivity contribution < 1.29 is 22.4 Å². The molecule has 0 unspecified atom stereocenters. The van der Waals surface area contributed by atoms with Gasteiger partial charge in [0.05, 0.1) is 4.90 Å². The van der Waals surface area contributed by atoms with Crippen LogP contribution in [0.2, 0.25) is 0 Å². The Kier molecular flexibility index (Phi) is 7.17. The molecule has 7 nitrogen and oxygen atoms in total. The van der Waals surface area contributed by atoms with Gasteiger partial charge in [0, 0.05) is 31.1 Å². The van der Waals surface area contributed by atoms with Crippen molar-refractivity contribution in [2.75, 3.05) is 6.54 Å². The molecule has 0 saturated heterocycles. The number of sulfonamides is 1. The third-order valence-electron chi connectivity index (χ3n) is 4.60. The number of benzene rings is 2. The lowest BCUT2D eigenvalue weighted by Crippen LogP contribution is -2.27. The molecule has 3 rings (SSSR count). The zero-order valence-electron chi connectivity index (χ0n) is 16.4. The van der Waals surface area contributed by atoms with Gasteiger partial charge in [0.2, 0.25) is 15.9 Å². The number of hydrogen-bond acceptors (Lipinski definition) is 4. The highest BCUT2D eigenvalue weighted by Gasteiger charge is 2.27. The van der Waals surface area contributed by atoms with E-state index in [2.05, 4.69) is 15.4 Å². The fourth-order valence-electron chi connectivity index (χ4n) is 2.72. The van der Waals surface area contributed by atoms with Gasteiger partial charge in [-0.3, -0.25) is 9.59 Å². The lowest BCUT2D eigenvalue weighted by molar-refractivity contribution is -0.121. The highest BCUT2D eigenvalue weighted by atomic mass is 32.2. The highest BCUT2D eigenvalue weighted by molar-refractivity contribution is 7.89. The minimum absolute atomic E-state index is 0.0504. The van der Waals surface area contributed by atoms with Gasteiger partial charge in [-0.1, -0.05) is 12.1 Å². The molecule has 0 bridgehead atoms. The number of carbonyl (C=O) groups is 2. The van der Waals surface area contributed by atoms with Crippen molar-refractivity contribution in [2.45, 2.75) is 43.2 Å². The molecule has 0 heterocycles. The third kappa shape index (κ3) is 6.64. The first-order valence-electron chi connectivity index (χ1n) is 9.75. The highest BCUT2D eigenvalue weighted by Crippen LogP contribution is 2.22. The Labute approximate surface area is 175 Å². The van der Waals surface area contributed by atoms with Crippen LogP contribution < -0.4 is 15.4 Å². The molecule has 2 amide bonds. The summed E-state index contributed by atoms with van der Waals surface area (Å²) in [4.78, 5) is 24.1. The van der Waals surface area contributed by atoms with Crippen LogP contribution in [0.15, 0.2) is 53.4 Å². The van der Waals surface area contributed by atoms with E-state index in [0.717, 1.165) is 18.4 Å². The summed E-state index contributed by atoms with van der Waals surface area (Å²) in [5.41, 5.74) is 1.15. The van der Waals surface area contributed by atoms with Crippen LogP contribution in [0.4, 0.5) is 4.39 Å². The number of carbonyl (C=O) groups excluding carboxylic acids is 2. The normalized spacial score (nSPS) is 13.6. The first-order chi connectivity index (χ1) is 14.3. The van der Waals surface area contributed by atoms with Gasteiger partial charge >= 0.3 is 0 Å². The smallest absolute Gasteiger partial charge is 0.251 e. The van der Waals surface area contributed by atoms with E-state index in [-0.39, 0.29) is 35.7 Å². The summed E-state index contributed by atoms with van der Waals surface area (Å²) in [7, 11) is -3.48. The van der Waals surface area contributed by atoms with Crippen LogP contribution in [0.25, 0.3) is 0 Å². The van der Waals surface area contributed by atoms with Gasteiger partial charge in [0.15, 0.2) is 0 Å². The van der Waals surface area contributed by atoms with Gasteiger partial charge in [-0.2, -0.15) is 0 Å². The topological polar surface area (TPSA) is 104 Å². The maximum absolute atomic E-state index is 12.9. The standard InChI is InChI=1S/C21H24FN3O4S/c22-17-7-5-16(6-8-17)21(27)23-13-1-2-20(26)24-14-15-3-11-19(12-4-15)30(28,29)25-18-9-10-18/h3-8,11-12,18,25H,1-2,9-10,13-14H2,(H,23,27)(H,24,26). The van der Waals surface area contributed by atoms with Gasteiger partial charge in [-0.25, -0.2) is 17.5 Å². The SMILES string of the molecule is O=C(CCCNC(=O)c1ccc(F)cc1)NCc1ccc(S(=O)(=O)NC2CC2)cc1. The lowest BCUT2D eigenvalue weighted by atomic mass is 10.2. The van der Waals surface area contributed by atoms with Crippen LogP contribution in [0.1, 0.15) is 41.6 Å². The van der Waals surface area contributed by atoms with Crippen LogP contribution in [0.3, 0.4) is 0 Å². The number of nitrogens with one attached hydrogen (secondary N) is 3. The quantitative estimate of drug-likeness (QED) is 0.499. The molecule has 1 saturated carbocycles. The second-order valence-corrected chi connectivity index (χ2v) is 8.90. The van der Waals surface area contributed by atoms with Crippen LogP contribution in [-0.2, 0) is 21.4 Å². The minimum atomic E-state index is -3.48. The molecule has 9 heteroatoms. The van der Waals surface area contributed by atoms with E-state index in [1.165, 1.54) is 36.4 Å². The van der Waals surface area contributed by atoms with Gasteiger partial charge in [-0.15, -0.1) is 0 Å². The molecule has 30 heavy (non-hydrogen) atoms. The summed E-state index contributed by atoms with van der Waals surface area (Å²) in [5.74, 6) is -0.894. The van der Waals surface area contributed by atoms with Crippen LogP contribution >= 0.6 is 0 Å². The van der Waals surface area contributed by atoms with Gasteiger partial charge < -0.3 is 10.6 Å². The van der Waals surface area contributed by atoms with E-state index >= 15 is 0 Å². The first-order valence-corrected chi connectivity index (χ1v) is 11.2. The fraction of sp³-hybridized carbons (Fsp3) is 0.333. The summed E-state index contributed by atoms with van der Waals surface area (Å²) in [6.07, 6.45) is 2.45. The molecule has 3 N–H and O–H groups in total. The maximum Gasteiger partial charge on any atom is 0.251 e. The minimum Gasteiger partial charge on any atom is -0.352 e. The van der Waals surface area contributed by atoms with Crippen molar-refractivity contribution in [2.24, 2.45) is 0 Å². The second-order valence-electron chi connectivity index (χ2n) is 7.18. The summed E-state index contributed by atoms with van der Waals surface area (Å²) in [6.45, 7) is 0.612. The van der Waals surface area contributed by atoms with Crippen molar-refractivity contribution in [1.29, 1.82) is 0 Å². The second kappa shape index (κ2) is 9.82. The van der Waals surface area contributed by atoms with E-state index < -0.39 is 15.8 Å². The molecule has 1 fully saturated rings. The van der Waals surface area contributed by atoms with Crippen molar-refractivity contribution in [1.82, 2.24) is 15.4 Å². The predicted octanol–water partition coefficient (Wildman–Crippen LogP) is 2.09. The molecular formula is C21H24FN3O4S. The van der Waals surface area contributed by atoms with E-state index in [1.807, 2.05) is 0 Å². The molecular weight excluding hydrogens is 409 g/mol. The predicted molar refractivity (Wildman–Crippen MR) is 110 cm³/mol. The number of rotatable bonds is 10. The molecule has 2 aromatic rings. The van der Waals surface area contributed by atoms with E-state index in [0.29, 0.717) is 18.5 Å². The molecule has 0 aromatic heterocycles. The number of hydrogen-bond donors (Lipinski definition) is 3. The molecule has 0 radical (unpaired) electrons. The average molecular weight is 434 g/mol. The Morgan fingerprint density at radius 3 is 2.27 bits per heavy atom. The lowest BCUT2D eigenvalue weighted by Gasteiger charge is -2.08. The summed E-state index contributed by atoms with van der Waals surface area (Å²) in [5, 5.41) is 5.45. The first kappa shape index (κ1) is 21.9. The molecule has 2 aromatic carbocycles. The van der Waals surface area contributed by atoms with Crippen molar-refractivity contribution in [3.8, 4) is 0 Å². The van der Waals surface area contributed by atoms with Crippen molar-refractivity contribution in [3.05, 3.63) is 65.5 Å². The molecule has 160 valence electrons. The zero-order valence-corrected chi connectivity index (χ0v) is 17.2. The molecule has 1 aliphatic carbocycles. The Bertz CT molecular complexity index is 988. The summed E-state index contributed by atoms with van der Waals surface area (Å²) in [6, 6.07) is 11.7. The van der Waals surface area contributed by atoms with E-state index in [9.17, 15) is 22.4 Å². The third-order valence-corrected chi connectivity index (χ3v) is 6.13. The van der Waals surface area contributed by atoms with Gasteiger partial charge in [0.1, 0.15) is 5.82 Å². The largest absolute Gasteiger partial charge is 0.352 e. The molecule has 0 spiro atoms. The van der Waals surface area contributed by atoms with Crippen molar-refractivity contribution in [3.63, 3.8) is 0 Å². The molecule has 0 aliphatic heterocycles. The Balaban J connectivity index is 1.35. The van der Waals surface area contributed by atoms with Gasteiger partial charge in [0.25, 0.3) is 5.91 Å². The Morgan fingerprint density at radius 1 is 0.967 bits per heavy atom. The van der Waals surface area contributed by atoms with Crippen molar-refractivity contribution >= 4 is 21.8 Å². The Morgan fingerprint density at radius 2 is 1.63 bits per heavy atom. The van der Waals surface area contributed by atoms with Crippen LogP contribution in [0.5, 0.6) is 0 Å². The Hall–Kier alpha value is -2.78. The molecule has 1 aliphatic rings. The molecule has 0 atom stereocenters.